The van der Waals surface area contributed by atoms with E-state index in [0.717, 1.165) is 26.7 Å². The van der Waals surface area contributed by atoms with Crippen LogP contribution in [0.4, 0.5) is 0 Å². The number of benzene rings is 6. The Morgan fingerprint density at radius 1 is 0.469 bits per heavy atom. The highest BCUT2D eigenvalue weighted by atomic mass is 35.5. The summed E-state index contributed by atoms with van der Waals surface area (Å²) in [7, 11) is 0. The number of aromatic nitrogens is 1. The molecule has 0 fully saturated rings. The minimum Gasteiger partial charge on any atom is -0.308 e. The monoisotopic (exact) mass is 425 g/mol. The molecule has 8 aromatic rings. The van der Waals surface area contributed by atoms with Gasteiger partial charge in [0, 0.05) is 26.9 Å². The van der Waals surface area contributed by atoms with Crippen molar-refractivity contribution >= 4 is 82.0 Å². The Morgan fingerprint density at radius 3 is 2.06 bits per heavy atom. The van der Waals surface area contributed by atoms with Gasteiger partial charge in [-0.3, -0.25) is 0 Å². The zero-order valence-electron chi connectivity index (χ0n) is 17.1. The topological polar surface area (TPSA) is 4.41 Å². The molecule has 6 aromatic carbocycles. The summed E-state index contributed by atoms with van der Waals surface area (Å²) >= 11 is 7.12. The van der Waals surface area contributed by atoms with E-state index in [0.29, 0.717) is 0 Å². The molecule has 0 atom stereocenters. The number of hydrogen-bond acceptors (Lipinski definition) is 0. The molecule has 32 heavy (non-hydrogen) atoms. The molecule has 0 amide bonds. The first-order valence-electron chi connectivity index (χ1n) is 10.9. The van der Waals surface area contributed by atoms with Gasteiger partial charge in [0.1, 0.15) is 0 Å². The summed E-state index contributed by atoms with van der Waals surface area (Å²) in [4.78, 5) is 0. The second-order valence-corrected chi connectivity index (χ2v) is 9.07. The Kier molecular flexibility index (Phi) is 3.00. The molecule has 0 saturated carbocycles. The van der Waals surface area contributed by atoms with Gasteiger partial charge in [0.05, 0.1) is 21.6 Å². The van der Waals surface area contributed by atoms with Crippen molar-refractivity contribution in [1.82, 2.24) is 4.40 Å². The second kappa shape index (κ2) is 5.70. The molecular weight excluding hydrogens is 410 g/mol. The Hall–Kier alpha value is -3.81. The van der Waals surface area contributed by atoms with Crippen molar-refractivity contribution in [1.29, 1.82) is 0 Å². The van der Waals surface area contributed by atoms with Crippen LogP contribution >= 0.6 is 11.6 Å². The van der Waals surface area contributed by atoms with Gasteiger partial charge in [0.25, 0.3) is 0 Å². The van der Waals surface area contributed by atoms with Crippen molar-refractivity contribution in [3.8, 4) is 0 Å². The average Bonchev–Trinajstić information content (AvgIpc) is 3.10. The highest BCUT2D eigenvalue weighted by molar-refractivity contribution is 6.44. The van der Waals surface area contributed by atoms with E-state index in [2.05, 4.69) is 101 Å². The van der Waals surface area contributed by atoms with Gasteiger partial charge in [-0.2, -0.15) is 0 Å². The molecule has 0 aliphatic heterocycles. The van der Waals surface area contributed by atoms with Crippen LogP contribution in [0.5, 0.6) is 0 Å². The first kappa shape index (κ1) is 16.8. The Morgan fingerprint density at radius 2 is 1.16 bits per heavy atom. The SMILES string of the molecule is Clc1c2ccccc2cc2c1c1ccc3ccc4cccc5c6ccccc6n2c1c3c45. The Bertz CT molecular complexity index is 2040. The van der Waals surface area contributed by atoms with Crippen molar-refractivity contribution in [3.63, 3.8) is 0 Å². The molecule has 0 bridgehead atoms. The minimum absolute atomic E-state index is 0.833. The van der Waals surface area contributed by atoms with E-state index in [1.807, 2.05) is 0 Å². The van der Waals surface area contributed by atoms with E-state index < -0.39 is 0 Å². The second-order valence-electron chi connectivity index (χ2n) is 8.69. The van der Waals surface area contributed by atoms with Crippen LogP contribution < -0.4 is 0 Å². The normalized spacial score (nSPS) is 12.5. The first-order valence-corrected chi connectivity index (χ1v) is 11.3. The van der Waals surface area contributed by atoms with Crippen molar-refractivity contribution in [2.45, 2.75) is 0 Å². The molecule has 0 radical (unpaired) electrons. The van der Waals surface area contributed by atoms with E-state index in [1.165, 1.54) is 48.7 Å². The number of hydrogen-bond donors (Lipinski definition) is 0. The van der Waals surface area contributed by atoms with Crippen LogP contribution in [-0.4, -0.2) is 4.40 Å². The summed E-state index contributed by atoms with van der Waals surface area (Å²) in [5.41, 5.74) is 3.61. The van der Waals surface area contributed by atoms with Gasteiger partial charge in [-0.1, -0.05) is 96.5 Å². The average molecular weight is 426 g/mol. The summed E-state index contributed by atoms with van der Waals surface area (Å²) in [6, 6.07) is 35.1. The number of nitrogens with zero attached hydrogens (tertiary/aromatic N) is 1. The number of para-hydroxylation sites is 1. The third-order valence-corrected chi connectivity index (χ3v) is 7.53. The first-order chi connectivity index (χ1) is 15.8. The zero-order chi connectivity index (χ0) is 21.0. The van der Waals surface area contributed by atoms with Gasteiger partial charge < -0.3 is 4.40 Å². The summed E-state index contributed by atoms with van der Waals surface area (Å²) < 4.78 is 2.44. The lowest BCUT2D eigenvalue weighted by Crippen LogP contribution is -1.85. The lowest BCUT2D eigenvalue weighted by molar-refractivity contribution is 1.36. The van der Waals surface area contributed by atoms with Gasteiger partial charge in [0.15, 0.2) is 0 Å². The molecular formula is C30H16ClN. The summed E-state index contributed by atoms with van der Waals surface area (Å²) in [6.45, 7) is 0. The van der Waals surface area contributed by atoms with Crippen LogP contribution in [-0.2, 0) is 0 Å². The number of fused-ring (bicyclic) bond motifs is 7. The maximum Gasteiger partial charge on any atom is 0.0626 e. The minimum atomic E-state index is 0.833. The third-order valence-electron chi connectivity index (χ3n) is 7.13. The molecule has 2 aromatic heterocycles. The van der Waals surface area contributed by atoms with E-state index in [9.17, 15) is 0 Å². The molecule has 2 heteroatoms. The number of rotatable bonds is 0. The number of halogens is 1. The lowest BCUT2D eigenvalue weighted by atomic mass is 9.96. The van der Waals surface area contributed by atoms with Crippen molar-refractivity contribution in [2.24, 2.45) is 0 Å². The van der Waals surface area contributed by atoms with Crippen LogP contribution in [0.3, 0.4) is 0 Å². The third kappa shape index (κ3) is 1.87. The van der Waals surface area contributed by atoms with Gasteiger partial charge >= 0.3 is 0 Å². The summed E-state index contributed by atoms with van der Waals surface area (Å²) in [5, 5.41) is 13.2. The zero-order valence-corrected chi connectivity index (χ0v) is 17.8. The van der Waals surface area contributed by atoms with E-state index in [4.69, 9.17) is 11.6 Å². The highest BCUT2D eigenvalue weighted by Gasteiger charge is 2.20. The molecule has 8 rings (SSSR count). The standard InChI is InChI=1S/C30H16ClN/c31-29-20-8-2-1-6-19(20)16-25-28(29)23-15-14-18-13-12-17-7-5-10-22-21-9-3-4-11-24(21)32(25)30(23)27(18)26(17)22/h1-16H. The quantitative estimate of drug-likeness (QED) is 0.213. The lowest BCUT2D eigenvalue weighted by Gasteiger charge is -2.07. The van der Waals surface area contributed by atoms with Gasteiger partial charge in [0.2, 0.25) is 0 Å². The fourth-order valence-corrected chi connectivity index (χ4v) is 6.19. The molecule has 2 heterocycles. The Labute approximate surface area is 188 Å². The summed E-state index contributed by atoms with van der Waals surface area (Å²) in [5.74, 6) is 0. The molecule has 0 unspecified atom stereocenters. The highest BCUT2D eigenvalue weighted by Crippen LogP contribution is 2.45. The van der Waals surface area contributed by atoms with Crippen LogP contribution in [0.15, 0.2) is 97.1 Å². The fourth-order valence-electron chi connectivity index (χ4n) is 5.82. The van der Waals surface area contributed by atoms with E-state index >= 15 is 0 Å². The molecule has 148 valence electrons. The van der Waals surface area contributed by atoms with E-state index in [1.54, 1.807) is 0 Å². The summed E-state index contributed by atoms with van der Waals surface area (Å²) in [6.07, 6.45) is 0. The molecule has 0 saturated heterocycles. The largest absolute Gasteiger partial charge is 0.308 e. The van der Waals surface area contributed by atoms with Crippen LogP contribution in [0.25, 0.3) is 70.4 Å². The van der Waals surface area contributed by atoms with Crippen molar-refractivity contribution in [2.75, 3.05) is 0 Å². The van der Waals surface area contributed by atoms with Crippen LogP contribution in [0.1, 0.15) is 0 Å². The van der Waals surface area contributed by atoms with E-state index in [-0.39, 0.29) is 0 Å². The maximum absolute atomic E-state index is 7.12. The molecule has 0 aliphatic rings. The van der Waals surface area contributed by atoms with Crippen molar-refractivity contribution in [3.05, 3.63) is 102 Å². The molecule has 0 aliphatic carbocycles. The molecule has 0 N–H and O–H groups in total. The van der Waals surface area contributed by atoms with Crippen LogP contribution in [0, 0.1) is 0 Å². The predicted molar refractivity (Wildman–Crippen MR) is 139 cm³/mol. The molecule has 1 nitrogen and oxygen atoms in total. The fraction of sp³-hybridized carbons (Fsp3) is 0. The van der Waals surface area contributed by atoms with Gasteiger partial charge in [-0.25, -0.2) is 0 Å². The van der Waals surface area contributed by atoms with Gasteiger partial charge in [-0.15, -0.1) is 0 Å². The Balaban J connectivity index is 1.88. The van der Waals surface area contributed by atoms with Crippen molar-refractivity contribution < 1.29 is 0 Å². The molecule has 0 spiro atoms. The maximum atomic E-state index is 7.12. The predicted octanol–water partition coefficient (Wildman–Crippen LogP) is 8.95. The van der Waals surface area contributed by atoms with Gasteiger partial charge in [-0.05, 0) is 39.1 Å². The smallest absolute Gasteiger partial charge is 0.0626 e. The van der Waals surface area contributed by atoms with Crippen LogP contribution in [0.2, 0.25) is 5.02 Å².